The number of nitriles is 1. The van der Waals surface area contributed by atoms with Crippen LogP contribution in [0.3, 0.4) is 0 Å². The minimum absolute atomic E-state index is 0.103. The molecular formula is C26H24F3N3O. The number of halogens is 3. The van der Waals surface area contributed by atoms with Crippen molar-refractivity contribution in [3.05, 3.63) is 95.2 Å². The summed E-state index contributed by atoms with van der Waals surface area (Å²) < 4.78 is 44.5. The molecular weight excluding hydrogens is 427 g/mol. The molecule has 0 saturated carbocycles. The average molecular weight is 451 g/mol. The van der Waals surface area contributed by atoms with Crippen molar-refractivity contribution in [1.82, 2.24) is 9.88 Å². The monoisotopic (exact) mass is 451 g/mol. The van der Waals surface area contributed by atoms with Crippen LogP contribution in [0.1, 0.15) is 35.1 Å². The molecule has 33 heavy (non-hydrogen) atoms. The number of benzene rings is 2. The third-order valence-corrected chi connectivity index (χ3v) is 6.13. The van der Waals surface area contributed by atoms with Gasteiger partial charge in [-0.3, -0.25) is 4.90 Å². The lowest BCUT2D eigenvalue weighted by atomic mass is 9.85. The van der Waals surface area contributed by atoms with Crippen molar-refractivity contribution in [2.24, 2.45) is 5.92 Å². The Morgan fingerprint density at radius 3 is 2.39 bits per heavy atom. The van der Waals surface area contributed by atoms with E-state index in [1.807, 2.05) is 49.4 Å². The van der Waals surface area contributed by atoms with E-state index in [4.69, 9.17) is 10.00 Å². The summed E-state index contributed by atoms with van der Waals surface area (Å²) >= 11 is 0. The van der Waals surface area contributed by atoms with Crippen molar-refractivity contribution in [1.29, 1.82) is 5.26 Å². The molecule has 3 atom stereocenters. The van der Waals surface area contributed by atoms with Gasteiger partial charge in [-0.25, -0.2) is 4.98 Å². The number of nitrogens with zero attached hydrogens (tertiary/aromatic N) is 3. The van der Waals surface area contributed by atoms with Gasteiger partial charge in [-0.1, -0.05) is 42.5 Å². The lowest BCUT2D eigenvalue weighted by Crippen LogP contribution is -2.30. The fourth-order valence-corrected chi connectivity index (χ4v) is 4.41. The van der Waals surface area contributed by atoms with Crippen molar-refractivity contribution in [2.75, 3.05) is 13.1 Å². The van der Waals surface area contributed by atoms with Crippen LogP contribution >= 0.6 is 0 Å². The minimum Gasteiger partial charge on any atom is -0.474 e. The number of likely N-dealkylation sites (tertiary alicyclic amines) is 1. The first-order chi connectivity index (χ1) is 15.8. The van der Waals surface area contributed by atoms with Crippen molar-refractivity contribution in [3.63, 3.8) is 0 Å². The van der Waals surface area contributed by atoms with Crippen LogP contribution in [0, 0.1) is 17.2 Å². The van der Waals surface area contributed by atoms with Crippen LogP contribution in [-0.2, 0) is 12.7 Å². The summed E-state index contributed by atoms with van der Waals surface area (Å²) in [6.07, 6.45) is -3.90. The summed E-state index contributed by atoms with van der Waals surface area (Å²) in [5.41, 5.74) is 2.14. The highest BCUT2D eigenvalue weighted by Gasteiger charge is 2.38. The van der Waals surface area contributed by atoms with E-state index in [0.29, 0.717) is 5.56 Å². The van der Waals surface area contributed by atoms with E-state index >= 15 is 0 Å². The highest BCUT2D eigenvalue weighted by atomic mass is 19.4. The van der Waals surface area contributed by atoms with E-state index in [-0.39, 0.29) is 23.8 Å². The second-order valence-electron chi connectivity index (χ2n) is 8.39. The average Bonchev–Trinajstić information content (AvgIpc) is 3.23. The molecule has 0 aliphatic carbocycles. The number of ether oxygens (including phenoxy) is 1. The van der Waals surface area contributed by atoms with Crippen LogP contribution in [0.2, 0.25) is 0 Å². The van der Waals surface area contributed by atoms with Crippen LogP contribution in [-0.4, -0.2) is 29.1 Å². The zero-order chi connectivity index (χ0) is 23.4. The van der Waals surface area contributed by atoms with E-state index in [1.54, 1.807) is 0 Å². The molecule has 4 nitrogen and oxygen atoms in total. The summed E-state index contributed by atoms with van der Waals surface area (Å²) in [6.45, 7) is 4.34. The molecule has 0 spiro atoms. The van der Waals surface area contributed by atoms with Gasteiger partial charge in [0.25, 0.3) is 0 Å². The highest BCUT2D eigenvalue weighted by molar-refractivity contribution is 5.34. The molecule has 1 aliphatic rings. The maximum absolute atomic E-state index is 12.8. The fourth-order valence-electron chi connectivity index (χ4n) is 4.41. The number of hydrogen-bond donors (Lipinski definition) is 0. The molecule has 3 aromatic rings. The summed E-state index contributed by atoms with van der Waals surface area (Å²) in [5.74, 6) is 0.437. The zero-order valence-corrected chi connectivity index (χ0v) is 18.2. The zero-order valence-electron chi connectivity index (χ0n) is 18.2. The van der Waals surface area contributed by atoms with E-state index < -0.39 is 11.7 Å². The van der Waals surface area contributed by atoms with E-state index in [9.17, 15) is 13.2 Å². The summed E-state index contributed by atoms with van der Waals surface area (Å²) in [6, 6.07) is 22.2. The van der Waals surface area contributed by atoms with E-state index in [0.717, 1.165) is 37.5 Å². The molecule has 4 rings (SSSR count). The quantitative estimate of drug-likeness (QED) is 0.486. The molecule has 7 heteroatoms. The molecule has 2 heterocycles. The number of aromatic nitrogens is 1. The minimum atomic E-state index is -4.43. The van der Waals surface area contributed by atoms with Crippen molar-refractivity contribution >= 4 is 0 Å². The second-order valence-corrected chi connectivity index (χ2v) is 8.39. The molecule has 2 aromatic carbocycles. The van der Waals surface area contributed by atoms with Crippen LogP contribution in [0.4, 0.5) is 13.2 Å². The highest BCUT2D eigenvalue weighted by Crippen LogP contribution is 2.37. The van der Waals surface area contributed by atoms with Gasteiger partial charge in [0.1, 0.15) is 6.10 Å². The predicted molar refractivity (Wildman–Crippen MR) is 118 cm³/mol. The molecule has 0 amide bonds. The van der Waals surface area contributed by atoms with Gasteiger partial charge in [0.2, 0.25) is 5.88 Å². The van der Waals surface area contributed by atoms with E-state index in [2.05, 4.69) is 28.1 Å². The van der Waals surface area contributed by atoms with Crippen LogP contribution in [0.25, 0.3) is 0 Å². The molecule has 1 saturated heterocycles. The Morgan fingerprint density at radius 1 is 1.06 bits per heavy atom. The largest absolute Gasteiger partial charge is 0.474 e. The Bertz CT molecular complexity index is 1090. The molecule has 1 unspecified atom stereocenters. The molecule has 1 aromatic heterocycles. The Labute approximate surface area is 191 Å². The van der Waals surface area contributed by atoms with E-state index in [1.165, 1.54) is 11.6 Å². The first-order valence-electron chi connectivity index (χ1n) is 10.8. The topological polar surface area (TPSA) is 49.1 Å². The van der Waals surface area contributed by atoms with Gasteiger partial charge in [0.15, 0.2) is 0 Å². The second kappa shape index (κ2) is 9.63. The number of rotatable bonds is 6. The third kappa shape index (κ3) is 5.52. The molecule has 0 N–H and O–H groups in total. The predicted octanol–water partition coefficient (Wildman–Crippen LogP) is 5.66. The number of hydrogen-bond acceptors (Lipinski definition) is 4. The first kappa shape index (κ1) is 22.8. The molecule has 170 valence electrons. The van der Waals surface area contributed by atoms with Gasteiger partial charge in [-0.2, -0.15) is 18.4 Å². The molecule has 1 fully saturated rings. The maximum Gasteiger partial charge on any atom is 0.417 e. The number of alkyl halides is 3. The van der Waals surface area contributed by atoms with Gasteiger partial charge < -0.3 is 4.74 Å². The summed E-state index contributed by atoms with van der Waals surface area (Å²) in [4.78, 5) is 6.24. The lowest BCUT2D eigenvalue weighted by molar-refractivity contribution is -0.137. The van der Waals surface area contributed by atoms with Gasteiger partial charge in [0.05, 0.1) is 17.2 Å². The standard InChI is InChI=1S/C26H24F3N3O/c1-18(33-25-12-11-22(14-31-25)26(27,28)29)23-16-32(15-20-5-3-2-4-6-20)17-24(23)21-9-7-19(13-30)8-10-21/h2-12,14,18,23-24H,15-17H2,1H3/t18?,23-,24+/m0/s1. The van der Waals surface area contributed by atoms with Crippen LogP contribution in [0.15, 0.2) is 72.9 Å². The van der Waals surface area contributed by atoms with Crippen molar-refractivity contribution in [2.45, 2.75) is 31.7 Å². The molecule has 0 radical (unpaired) electrons. The van der Waals surface area contributed by atoms with Gasteiger partial charge >= 0.3 is 6.18 Å². The smallest absolute Gasteiger partial charge is 0.417 e. The first-order valence-corrected chi connectivity index (χ1v) is 10.8. The maximum atomic E-state index is 12.8. The molecule has 1 aliphatic heterocycles. The lowest BCUT2D eigenvalue weighted by Gasteiger charge is -2.26. The van der Waals surface area contributed by atoms with Gasteiger partial charge in [-0.15, -0.1) is 0 Å². The van der Waals surface area contributed by atoms with Gasteiger partial charge in [-0.05, 0) is 36.2 Å². The van der Waals surface area contributed by atoms with Crippen molar-refractivity contribution < 1.29 is 17.9 Å². The van der Waals surface area contributed by atoms with Crippen LogP contribution < -0.4 is 4.74 Å². The Balaban J connectivity index is 1.53. The fraction of sp³-hybridized carbons (Fsp3) is 0.308. The Hall–Kier alpha value is -3.37. The van der Waals surface area contributed by atoms with Gasteiger partial charge in [0, 0.05) is 43.7 Å². The number of pyridine rings is 1. The normalized spacial score (nSPS) is 19.7. The summed E-state index contributed by atoms with van der Waals surface area (Å²) in [7, 11) is 0. The van der Waals surface area contributed by atoms with Crippen LogP contribution in [0.5, 0.6) is 5.88 Å². The molecule has 0 bridgehead atoms. The summed E-state index contributed by atoms with van der Waals surface area (Å²) in [5, 5.41) is 9.12. The Morgan fingerprint density at radius 2 is 1.79 bits per heavy atom. The Kier molecular flexibility index (Phi) is 6.66. The SMILES string of the molecule is CC(Oc1ccc(C(F)(F)F)cn1)[C@@H]1CN(Cc2ccccc2)C[C@@H]1c1ccc(C#N)cc1. The van der Waals surface area contributed by atoms with Crippen molar-refractivity contribution in [3.8, 4) is 11.9 Å². The third-order valence-electron chi connectivity index (χ3n) is 6.13.